The molecule has 3 aliphatic heterocycles. The van der Waals surface area contributed by atoms with Gasteiger partial charge < -0.3 is 19.5 Å². The van der Waals surface area contributed by atoms with E-state index in [4.69, 9.17) is 14.2 Å². The monoisotopic (exact) mass is 450 g/mol. The van der Waals surface area contributed by atoms with Gasteiger partial charge in [0.25, 0.3) is 5.91 Å². The summed E-state index contributed by atoms with van der Waals surface area (Å²) >= 11 is 0. The lowest BCUT2D eigenvalue weighted by atomic mass is 9.83. The molecule has 7 nitrogen and oxygen atoms in total. The van der Waals surface area contributed by atoms with E-state index in [1.807, 2.05) is 66.7 Å². The average Bonchev–Trinajstić information content (AvgIpc) is 3.16. The summed E-state index contributed by atoms with van der Waals surface area (Å²) in [6, 6.07) is 18.1. The van der Waals surface area contributed by atoms with Crippen molar-refractivity contribution in [2.24, 2.45) is 0 Å². The first-order valence-corrected chi connectivity index (χ1v) is 11.5. The fraction of sp³-hybridized carbons (Fsp3) is 0.385. The molecular formula is C26H30N2O5. The summed E-state index contributed by atoms with van der Waals surface area (Å²) in [6.45, 7) is 1.43. The molecule has 0 bridgehead atoms. The maximum atomic E-state index is 13.4. The van der Waals surface area contributed by atoms with Crippen molar-refractivity contribution in [3.63, 3.8) is 0 Å². The number of hydrogen-bond acceptors (Lipinski definition) is 5. The van der Waals surface area contributed by atoms with Crippen LogP contribution < -0.4 is 5.32 Å². The van der Waals surface area contributed by atoms with E-state index in [9.17, 15) is 9.59 Å². The van der Waals surface area contributed by atoms with Gasteiger partial charge in [-0.1, -0.05) is 60.7 Å². The normalized spacial score (nSPS) is 21.6. The molecular weight excluding hydrogens is 420 g/mol. The van der Waals surface area contributed by atoms with Gasteiger partial charge in [0, 0.05) is 6.61 Å². The second-order valence-electron chi connectivity index (χ2n) is 8.12. The van der Waals surface area contributed by atoms with Crippen LogP contribution in [0.25, 0.3) is 0 Å². The Bertz CT molecular complexity index is 894. The number of nitrogens with zero attached hydrogens (tertiary/aromatic N) is 1. The number of rotatable bonds is 5. The molecule has 7 heteroatoms. The SMILES string of the molecule is C1=COCCC1.O=C1NC(c2ccccc2)(c2ccccc2)C(=O)N1COC1CCCCO1. The average molecular weight is 451 g/mol. The van der Waals surface area contributed by atoms with Crippen LogP contribution in [0.5, 0.6) is 0 Å². The summed E-state index contributed by atoms with van der Waals surface area (Å²) in [7, 11) is 0. The van der Waals surface area contributed by atoms with Crippen molar-refractivity contribution < 1.29 is 23.8 Å². The predicted molar refractivity (Wildman–Crippen MR) is 123 cm³/mol. The second-order valence-corrected chi connectivity index (χ2v) is 8.12. The Morgan fingerprint density at radius 3 is 2.12 bits per heavy atom. The molecule has 33 heavy (non-hydrogen) atoms. The summed E-state index contributed by atoms with van der Waals surface area (Å²) in [4.78, 5) is 27.2. The van der Waals surface area contributed by atoms with Crippen LogP contribution in [0.3, 0.4) is 0 Å². The van der Waals surface area contributed by atoms with Gasteiger partial charge in [0.15, 0.2) is 11.8 Å². The first kappa shape index (κ1) is 23.0. The quantitative estimate of drug-likeness (QED) is 0.688. The topological polar surface area (TPSA) is 77.1 Å². The van der Waals surface area contributed by atoms with Gasteiger partial charge in [-0.25, -0.2) is 9.69 Å². The minimum absolute atomic E-state index is 0.128. The number of nitrogens with one attached hydrogen (secondary N) is 1. The summed E-state index contributed by atoms with van der Waals surface area (Å²) < 4.78 is 16.1. The van der Waals surface area contributed by atoms with Gasteiger partial charge in [-0.15, -0.1) is 0 Å². The Morgan fingerprint density at radius 1 is 0.939 bits per heavy atom. The summed E-state index contributed by atoms with van der Waals surface area (Å²) in [5.41, 5.74) is 0.174. The van der Waals surface area contributed by atoms with Gasteiger partial charge in [0.1, 0.15) is 6.73 Å². The van der Waals surface area contributed by atoms with Crippen molar-refractivity contribution in [2.45, 2.75) is 43.9 Å². The Morgan fingerprint density at radius 2 is 1.64 bits per heavy atom. The number of hydrogen-bond donors (Lipinski definition) is 1. The third-order valence-corrected chi connectivity index (χ3v) is 5.87. The lowest BCUT2D eigenvalue weighted by Crippen LogP contribution is -2.45. The summed E-state index contributed by atoms with van der Waals surface area (Å²) in [6.07, 6.45) is 8.62. The minimum atomic E-state index is -1.25. The van der Waals surface area contributed by atoms with Gasteiger partial charge >= 0.3 is 6.03 Å². The minimum Gasteiger partial charge on any atom is -0.502 e. The highest BCUT2D eigenvalue weighted by Crippen LogP contribution is 2.36. The number of carbonyl (C=O) groups excluding carboxylic acids is 2. The van der Waals surface area contributed by atoms with Crippen LogP contribution >= 0.6 is 0 Å². The lowest BCUT2D eigenvalue weighted by Gasteiger charge is -2.28. The zero-order valence-electron chi connectivity index (χ0n) is 18.7. The van der Waals surface area contributed by atoms with Crippen LogP contribution in [0.15, 0.2) is 73.0 Å². The van der Waals surface area contributed by atoms with E-state index >= 15 is 0 Å². The number of amides is 3. The Balaban J connectivity index is 0.000000376. The fourth-order valence-corrected chi connectivity index (χ4v) is 4.12. The molecule has 0 spiro atoms. The van der Waals surface area contributed by atoms with Crippen molar-refractivity contribution in [1.29, 1.82) is 0 Å². The number of benzene rings is 2. The van der Waals surface area contributed by atoms with Crippen LogP contribution in [0, 0.1) is 0 Å². The smallest absolute Gasteiger partial charge is 0.327 e. The number of imide groups is 1. The van der Waals surface area contributed by atoms with Crippen molar-refractivity contribution in [2.75, 3.05) is 19.9 Å². The highest BCUT2D eigenvalue weighted by Gasteiger charge is 2.53. The third-order valence-electron chi connectivity index (χ3n) is 5.87. The first-order valence-electron chi connectivity index (χ1n) is 11.5. The number of urea groups is 1. The standard InChI is InChI=1S/C21H22N2O4.C5H8O/c24-19-21(16-9-3-1-4-10-16,17-11-5-2-6-12-17)22-20(25)23(19)15-27-18-13-7-8-14-26-18;1-2-4-6-5-3-1/h1-6,9-12,18H,7-8,13-15H2,(H,22,25);2,4H,1,3,5H2. The van der Waals surface area contributed by atoms with Crippen molar-refractivity contribution in [3.8, 4) is 0 Å². The van der Waals surface area contributed by atoms with E-state index < -0.39 is 11.6 Å². The molecule has 0 aliphatic carbocycles. The maximum Gasteiger partial charge on any atom is 0.327 e. The van der Waals surface area contributed by atoms with Gasteiger partial charge in [0.2, 0.25) is 0 Å². The van der Waals surface area contributed by atoms with Gasteiger partial charge in [0.05, 0.1) is 12.9 Å². The fourth-order valence-electron chi connectivity index (χ4n) is 4.12. The van der Waals surface area contributed by atoms with E-state index in [2.05, 4.69) is 5.32 Å². The molecule has 1 unspecified atom stereocenters. The highest BCUT2D eigenvalue weighted by molar-refractivity contribution is 6.09. The largest absolute Gasteiger partial charge is 0.502 e. The van der Waals surface area contributed by atoms with E-state index in [-0.39, 0.29) is 18.9 Å². The Hall–Kier alpha value is -3.16. The lowest BCUT2D eigenvalue weighted by molar-refractivity contribution is -0.181. The molecule has 1 atom stereocenters. The summed E-state index contributed by atoms with van der Waals surface area (Å²) in [5.74, 6) is -0.347. The van der Waals surface area contributed by atoms with Crippen LogP contribution in [-0.4, -0.2) is 43.1 Å². The second kappa shape index (κ2) is 11.1. The van der Waals surface area contributed by atoms with Gasteiger partial charge in [-0.3, -0.25) is 4.79 Å². The van der Waals surface area contributed by atoms with Crippen LogP contribution in [0.1, 0.15) is 43.2 Å². The van der Waals surface area contributed by atoms with E-state index in [0.29, 0.717) is 17.7 Å². The molecule has 2 fully saturated rings. The molecule has 174 valence electrons. The number of ether oxygens (including phenoxy) is 3. The summed E-state index contributed by atoms with van der Waals surface area (Å²) in [5, 5.41) is 2.90. The van der Waals surface area contributed by atoms with Crippen LogP contribution in [-0.2, 0) is 24.5 Å². The zero-order chi connectivity index (χ0) is 22.9. The molecule has 3 amide bonds. The van der Waals surface area contributed by atoms with Crippen LogP contribution in [0.4, 0.5) is 4.79 Å². The van der Waals surface area contributed by atoms with Crippen molar-refractivity contribution in [1.82, 2.24) is 10.2 Å². The molecule has 2 aromatic rings. The molecule has 0 aromatic heterocycles. The number of carbonyl (C=O) groups is 2. The molecule has 3 heterocycles. The molecule has 1 N–H and O–H groups in total. The molecule has 5 rings (SSSR count). The zero-order valence-corrected chi connectivity index (χ0v) is 18.7. The van der Waals surface area contributed by atoms with Crippen molar-refractivity contribution in [3.05, 3.63) is 84.1 Å². The van der Waals surface area contributed by atoms with E-state index in [0.717, 1.165) is 30.8 Å². The Labute approximate surface area is 194 Å². The highest BCUT2D eigenvalue weighted by atomic mass is 16.7. The molecule has 2 aromatic carbocycles. The van der Waals surface area contributed by atoms with Crippen LogP contribution in [0.2, 0.25) is 0 Å². The van der Waals surface area contributed by atoms with E-state index in [1.54, 1.807) is 6.26 Å². The molecule has 0 radical (unpaired) electrons. The van der Waals surface area contributed by atoms with E-state index in [1.165, 1.54) is 12.8 Å². The van der Waals surface area contributed by atoms with Gasteiger partial charge in [-0.05, 0) is 49.3 Å². The predicted octanol–water partition coefficient (Wildman–Crippen LogP) is 4.29. The molecule has 3 aliphatic rings. The Kier molecular flexibility index (Phi) is 7.75. The van der Waals surface area contributed by atoms with Crippen molar-refractivity contribution >= 4 is 11.9 Å². The third kappa shape index (κ3) is 5.26. The first-order chi connectivity index (χ1) is 16.2. The molecule has 0 saturated carbocycles. The molecule has 2 saturated heterocycles. The maximum absolute atomic E-state index is 13.4. The number of allylic oxidation sites excluding steroid dienone is 1. The van der Waals surface area contributed by atoms with Gasteiger partial charge in [-0.2, -0.15) is 0 Å².